The van der Waals surface area contributed by atoms with E-state index in [4.69, 9.17) is 9.90 Å². The van der Waals surface area contributed by atoms with Crippen molar-refractivity contribution < 1.29 is 32.6 Å². The third kappa shape index (κ3) is 20.7. The average molecular weight is 370 g/mol. The summed E-state index contributed by atoms with van der Waals surface area (Å²) in [5.74, 6) is -1.69. The van der Waals surface area contributed by atoms with Crippen molar-refractivity contribution in [3.63, 3.8) is 0 Å². The Morgan fingerprint density at radius 1 is 1.04 bits per heavy atom. The molecule has 0 aliphatic heterocycles. The minimum absolute atomic E-state index is 0.318. The van der Waals surface area contributed by atoms with Gasteiger partial charge in [-0.2, -0.15) is 13.2 Å². The second kappa shape index (κ2) is 14.0. The van der Waals surface area contributed by atoms with E-state index in [0.29, 0.717) is 6.47 Å². The Hall–Kier alpha value is -1.27. The Labute approximate surface area is 149 Å². The van der Waals surface area contributed by atoms with Gasteiger partial charge in [-0.15, -0.1) is 0 Å². The van der Waals surface area contributed by atoms with Crippen LogP contribution in [0.5, 0.6) is 0 Å². The molecule has 1 saturated carbocycles. The molecule has 0 bridgehead atoms. The van der Waals surface area contributed by atoms with Gasteiger partial charge in [-0.25, -0.2) is 4.79 Å². The van der Waals surface area contributed by atoms with Crippen LogP contribution in [0.1, 0.15) is 85.5 Å². The van der Waals surface area contributed by atoms with E-state index in [9.17, 15) is 18.0 Å². The molecule has 1 N–H and O–H groups in total. The molecule has 0 radical (unpaired) electrons. The number of carbonyl (C=O) groups is 2. The lowest BCUT2D eigenvalue weighted by Gasteiger charge is -2.14. The molecule has 0 amide bonds. The Morgan fingerprint density at radius 2 is 1.40 bits per heavy atom. The van der Waals surface area contributed by atoms with Gasteiger partial charge >= 0.3 is 12.1 Å². The predicted octanol–water partition coefficient (Wildman–Crippen LogP) is 5.74. The molecule has 0 aromatic carbocycles. The number of ether oxygens (including phenoxy) is 1. The summed E-state index contributed by atoms with van der Waals surface area (Å²) in [6.45, 7) is 8.27. The largest absolute Gasteiger partial charge is 0.490 e. The fraction of sp³-hybridized carbons (Fsp3) is 0.889. The monoisotopic (exact) mass is 370 g/mol. The number of carbonyl (C=O) groups excluding carboxylic acids is 1. The number of halogens is 3. The molecule has 7 heteroatoms. The van der Waals surface area contributed by atoms with Crippen LogP contribution in [0.4, 0.5) is 13.2 Å². The third-order valence-corrected chi connectivity index (χ3v) is 3.70. The number of alkyl halides is 3. The summed E-state index contributed by atoms with van der Waals surface area (Å²) in [6.07, 6.45) is 8.34. The maximum Gasteiger partial charge on any atom is 0.490 e. The van der Waals surface area contributed by atoms with E-state index in [-0.39, 0.29) is 5.60 Å². The molecule has 0 saturated heterocycles. The number of carboxylic acid groups (broad SMARTS) is 1. The van der Waals surface area contributed by atoms with Crippen molar-refractivity contribution >= 4 is 12.4 Å². The van der Waals surface area contributed by atoms with Crippen molar-refractivity contribution in [2.45, 2.75) is 97.3 Å². The van der Waals surface area contributed by atoms with Crippen LogP contribution in [-0.4, -0.2) is 29.3 Å². The number of hydrogen-bond acceptors (Lipinski definition) is 3. The number of carboxylic acids is 1. The first-order valence-electron chi connectivity index (χ1n) is 8.85. The van der Waals surface area contributed by atoms with E-state index < -0.39 is 12.1 Å². The molecular formula is C18H33F3O4. The molecule has 0 aromatic rings. The van der Waals surface area contributed by atoms with Crippen LogP contribution in [0.25, 0.3) is 0 Å². The summed E-state index contributed by atoms with van der Waals surface area (Å²) in [5.41, 5.74) is -0.318. The summed E-state index contributed by atoms with van der Waals surface area (Å²) in [6, 6.07) is 0. The van der Waals surface area contributed by atoms with Gasteiger partial charge in [0.15, 0.2) is 0 Å². The Morgan fingerprint density at radius 3 is 1.60 bits per heavy atom. The van der Waals surface area contributed by atoms with E-state index in [1.165, 1.54) is 57.8 Å². The lowest BCUT2D eigenvalue weighted by atomic mass is 9.95. The highest BCUT2D eigenvalue weighted by atomic mass is 19.4. The minimum atomic E-state index is -5.08. The Balaban J connectivity index is 0. The Kier molecular flexibility index (Phi) is 14.5. The molecule has 1 rings (SSSR count). The zero-order chi connectivity index (χ0) is 19.9. The van der Waals surface area contributed by atoms with Gasteiger partial charge in [0.1, 0.15) is 5.60 Å². The van der Waals surface area contributed by atoms with E-state index in [1.54, 1.807) is 0 Å². The van der Waals surface area contributed by atoms with E-state index in [2.05, 4.69) is 11.7 Å². The van der Waals surface area contributed by atoms with Crippen LogP contribution >= 0.6 is 0 Å². The molecule has 0 aromatic heterocycles. The summed E-state index contributed by atoms with van der Waals surface area (Å²) >= 11 is 0. The number of rotatable bonds is 2. The summed E-state index contributed by atoms with van der Waals surface area (Å²) in [4.78, 5) is 18.5. The molecule has 150 valence electrons. The van der Waals surface area contributed by atoms with Crippen molar-refractivity contribution in [3.05, 3.63) is 0 Å². The number of aliphatic carboxylic acids is 1. The van der Waals surface area contributed by atoms with Gasteiger partial charge in [0.25, 0.3) is 6.47 Å². The van der Waals surface area contributed by atoms with Crippen molar-refractivity contribution in [2.75, 3.05) is 0 Å². The molecule has 1 aliphatic carbocycles. The fourth-order valence-corrected chi connectivity index (χ4v) is 2.27. The summed E-state index contributed by atoms with van der Waals surface area (Å²) < 4.78 is 36.3. The third-order valence-electron chi connectivity index (χ3n) is 3.70. The van der Waals surface area contributed by atoms with Gasteiger partial charge < -0.3 is 9.84 Å². The van der Waals surface area contributed by atoms with E-state index >= 15 is 0 Å². The van der Waals surface area contributed by atoms with Crippen LogP contribution in [0.15, 0.2) is 0 Å². The molecular weight excluding hydrogens is 337 g/mol. The zero-order valence-electron chi connectivity index (χ0n) is 15.8. The fourth-order valence-electron chi connectivity index (χ4n) is 2.27. The normalized spacial score (nSPS) is 16.6. The highest BCUT2D eigenvalue weighted by Gasteiger charge is 2.38. The van der Waals surface area contributed by atoms with Gasteiger partial charge in [-0.05, 0) is 26.7 Å². The van der Waals surface area contributed by atoms with Crippen molar-refractivity contribution in [1.29, 1.82) is 0 Å². The van der Waals surface area contributed by atoms with Crippen LogP contribution < -0.4 is 0 Å². The first-order valence-corrected chi connectivity index (χ1v) is 8.85. The van der Waals surface area contributed by atoms with Crippen LogP contribution in [0.2, 0.25) is 0 Å². The van der Waals surface area contributed by atoms with Crippen molar-refractivity contribution in [3.8, 4) is 0 Å². The van der Waals surface area contributed by atoms with E-state index in [0.717, 1.165) is 5.92 Å². The number of hydrogen-bond donors (Lipinski definition) is 1. The minimum Gasteiger partial charge on any atom is -0.475 e. The summed E-state index contributed by atoms with van der Waals surface area (Å²) in [7, 11) is 0. The molecule has 0 atom stereocenters. The predicted molar refractivity (Wildman–Crippen MR) is 91.3 cm³/mol. The topological polar surface area (TPSA) is 63.6 Å². The molecule has 0 unspecified atom stereocenters. The molecule has 1 aliphatic rings. The average Bonchev–Trinajstić information content (AvgIpc) is 2.59. The first-order chi connectivity index (χ1) is 11.4. The lowest BCUT2D eigenvalue weighted by molar-refractivity contribution is -0.192. The van der Waals surface area contributed by atoms with Gasteiger partial charge in [-0.3, -0.25) is 4.79 Å². The van der Waals surface area contributed by atoms with Gasteiger partial charge in [0, 0.05) is 0 Å². The second-order valence-corrected chi connectivity index (χ2v) is 7.10. The zero-order valence-corrected chi connectivity index (χ0v) is 15.8. The lowest BCUT2D eigenvalue weighted by Crippen LogP contribution is -2.21. The molecule has 0 heterocycles. The van der Waals surface area contributed by atoms with Crippen molar-refractivity contribution in [1.82, 2.24) is 0 Å². The molecule has 4 nitrogen and oxygen atoms in total. The SMILES string of the molecule is CC(C)(C)OC=O.CCC1CCCCCCCC1.O=C(O)C(F)(F)F. The second-order valence-electron chi connectivity index (χ2n) is 7.10. The highest BCUT2D eigenvalue weighted by molar-refractivity contribution is 5.73. The van der Waals surface area contributed by atoms with Crippen LogP contribution in [-0.2, 0) is 14.3 Å². The van der Waals surface area contributed by atoms with Crippen molar-refractivity contribution in [2.24, 2.45) is 5.92 Å². The highest BCUT2D eigenvalue weighted by Crippen LogP contribution is 2.23. The molecule has 1 fully saturated rings. The van der Waals surface area contributed by atoms with E-state index in [1.807, 2.05) is 20.8 Å². The quantitative estimate of drug-likeness (QED) is 0.630. The maximum atomic E-state index is 10.6. The van der Waals surface area contributed by atoms with Gasteiger partial charge in [0.2, 0.25) is 0 Å². The summed E-state index contributed by atoms with van der Waals surface area (Å²) in [5, 5.41) is 7.12. The first kappa shape index (κ1) is 26.0. The maximum absolute atomic E-state index is 10.6. The van der Waals surface area contributed by atoms with Crippen LogP contribution in [0, 0.1) is 5.92 Å². The molecule has 25 heavy (non-hydrogen) atoms. The smallest absolute Gasteiger partial charge is 0.475 e. The standard InChI is InChI=1S/C11H22.C5H10O2.C2HF3O2/c1-2-11-9-7-5-3-4-6-8-10-11;1-5(2,3)7-4-6;3-2(4,5)1(6)7/h11H,2-10H2,1H3;4H,1-3H3;(H,6,7). The van der Waals surface area contributed by atoms with Gasteiger partial charge in [0.05, 0.1) is 0 Å². The Bertz CT molecular complexity index is 339. The van der Waals surface area contributed by atoms with Gasteiger partial charge in [-0.1, -0.05) is 64.7 Å². The molecule has 0 spiro atoms. The van der Waals surface area contributed by atoms with Crippen LogP contribution in [0.3, 0.4) is 0 Å².